The third kappa shape index (κ3) is 13.6. The standard InChI is InChI=1S/C28H49N7O13/c1-12(31-25(42)14(3)47-22-20(33-15(4)37)28(46)48-18(11-36)21(22)39)24(41)35-16(23(30)40)8-9-19(38)34-17(7-5-6-10-29)26(43)32-13(2)27(44)45/h12-14,16-18,20-22,28,36,39,46H,5-11,29H2,1-4H3,(H2,30,40)(H,31,42)(H,32,43)(H,33,37)(H,34,38)(H,35,41)(H,44,45)/t12-,13+,14-,16+,17-,18-,20-,21+,22+,28+/m0/s1. The summed E-state index contributed by atoms with van der Waals surface area (Å²) in [4.78, 5) is 85.7. The van der Waals surface area contributed by atoms with Gasteiger partial charge in [0.2, 0.25) is 35.4 Å². The summed E-state index contributed by atoms with van der Waals surface area (Å²) < 4.78 is 10.7. The summed E-state index contributed by atoms with van der Waals surface area (Å²) in [6.07, 6.45) is -6.79. The van der Waals surface area contributed by atoms with Gasteiger partial charge in [-0.2, -0.15) is 0 Å². The van der Waals surface area contributed by atoms with Gasteiger partial charge < -0.3 is 68.0 Å². The maximum atomic E-state index is 12.8. The van der Waals surface area contributed by atoms with Gasteiger partial charge in [0.25, 0.3) is 0 Å². The number of aliphatic carboxylic acids is 1. The molecule has 48 heavy (non-hydrogen) atoms. The van der Waals surface area contributed by atoms with E-state index in [1.807, 2.05) is 0 Å². The number of amides is 6. The molecule has 0 spiro atoms. The molecule has 0 radical (unpaired) electrons. The van der Waals surface area contributed by atoms with Crippen molar-refractivity contribution in [3.63, 3.8) is 0 Å². The Morgan fingerprint density at radius 2 is 1.48 bits per heavy atom. The van der Waals surface area contributed by atoms with Crippen molar-refractivity contribution < 1.29 is 63.5 Å². The summed E-state index contributed by atoms with van der Waals surface area (Å²) in [5.74, 6) is -5.99. The maximum absolute atomic E-state index is 12.8. The summed E-state index contributed by atoms with van der Waals surface area (Å²) in [6.45, 7) is 4.58. The Kier molecular flexibility index (Phi) is 17.9. The van der Waals surface area contributed by atoms with Gasteiger partial charge in [0.1, 0.15) is 54.6 Å². The smallest absolute Gasteiger partial charge is 0.325 e. The predicted octanol–water partition coefficient (Wildman–Crippen LogP) is -5.21. The van der Waals surface area contributed by atoms with Crippen molar-refractivity contribution in [2.75, 3.05) is 13.2 Å². The topological polar surface area (TPSA) is 331 Å². The highest BCUT2D eigenvalue weighted by atomic mass is 16.6. The van der Waals surface area contributed by atoms with Crippen LogP contribution in [0.15, 0.2) is 0 Å². The molecule has 0 aliphatic carbocycles. The van der Waals surface area contributed by atoms with Gasteiger partial charge in [-0.15, -0.1) is 0 Å². The number of hydrogen-bond donors (Lipinski definition) is 11. The average molecular weight is 692 g/mol. The zero-order valence-electron chi connectivity index (χ0n) is 27.3. The second-order valence-corrected chi connectivity index (χ2v) is 11.4. The van der Waals surface area contributed by atoms with Crippen molar-refractivity contribution in [1.29, 1.82) is 0 Å². The molecule has 274 valence electrons. The molecular formula is C28H49N7O13. The lowest BCUT2D eigenvalue weighted by atomic mass is 9.96. The minimum atomic E-state index is -1.69. The number of primary amides is 1. The molecule has 1 aliphatic rings. The van der Waals surface area contributed by atoms with Crippen LogP contribution in [-0.2, 0) is 43.0 Å². The Morgan fingerprint density at radius 3 is 2.02 bits per heavy atom. The number of aliphatic hydroxyl groups is 3. The Balaban J connectivity index is 2.81. The first-order chi connectivity index (χ1) is 22.4. The fourth-order valence-corrected chi connectivity index (χ4v) is 4.59. The SMILES string of the molecule is CC(=O)N[C@H]1[C@@H](O[C@@H](C)C(=O)N[C@@H](C)C(=O)N[C@H](CCC(=O)N[C@@H](CCCCN)C(=O)N[C@H](C)C(=O)O)C(N)=O)[C@H](O)[C@H](CO)O[C@H]1O. The zero-order valence-corrected chi connectivity index (χ0v) is 27.3. The van der Waals surface area contributed by atoms with Crippen molar-refractivity contribution in [3.8, 4) is 0 Å². The molecule has 10 atom stereocenters. The largest absolute Gasteiger partial charge is 0.480 e. The highest BCUT2D eigenvalue weighted by molar-refractivity contribution is 5.93. The van der Waals surface area contributed by atoms with Crippen molar-refractivity contribution in [1.82, 2.24) is 26.6 Å². The minimum Gasteiger partial charge on any atom is -0.480 e. The zero-order chi connectivity index (χ0) is 36.7. The average Bonchev–Trinajstić information content (AvgIpc) is 3.01. The van der Waals surface area contributed by atoms with Crippen LogP contribution in [0.25, 0.3) is 0 Å². The van der Waals surface area contributed by atoms with Crippen molar-refractivity contribution in [3.05, 3.63) is 0 Å². The lowest BCUT2D eigenvalue weighted by Gasteiger charge is -2.43. The normalized spacial score (nSPS) is 23.7. The van der Waals surface area contributed by atoms with E-state index in [2.05, 4.69) is 26.6 Å². The molecule has 20 nitrogen and oxygen atoms in total. The van der Waals surface area contributed by atoms with Crippen LogP contribution >= 0.6 is 0 Å². The number of ether oxygens (including phenoxy) is 2. The Morgan fingerprint density at radius 1 is 0.854 bits per heavy atom. The molecule has 13 N–H and O–H groups in total. The molecule has 1 saturated heterocycles. The number of unbranched alkanes of at least 4 members (excludes halogenated alkanes) is 1. The van der Waals surface area contributed by atoms with Gasteiger partial charge in [0, 0.05) is 13.3 Å². The maximum Gasteiger partial charge on any atom is 0.325 e. The second-order valence-electron chi connectivity index (χ2n) is 11.4. The molecule has 0 aromatic rings. The summed E-state index contributed by atoms with van der Waals surface area (Å²) >= 11 is 0. The van der Waals surface area contributed by atoms with E-state index in [1.54, 1.807) is 0 Å². The third-order valence-corrected chi connectivity index (χ3v) is 7.37. The number of carboxylic acids is 1. The monoisotopic (exact) mass is 691 g/mol. The number of nitrogens with two attached hydrogens (primary N) is 2. The number of nitrogens with one attached hydrogen (secondary N) is 5. The molecule has 1 fully saturated rings. The van der Waals surface area contributed by atoms with Crippen LogP contribution < -0.4 is 38.1 Å². The second kappa shape index (κ2) is 20.4. The molecule has 1 heterocycles. The molecule has 0 saturated carbocycles. The molecule has 20 heteroatoms. The molecule has 1 aliphatic heterocycles. The lowest BCUT2D eigenvalue weighted by Crippen LogP contribution is -2.65. The number of hydrogen-bond acceptors (Lipinski definition) is 13. The first-order valence-corrected chi connectivity index (χ1v) is 15.4. The number of rotatable bonds is 20. The van der Waals surface area contributed by atoms with E-state index < -0.39 is 109 Å². The van der Waals surface area contributed by atoms with Crippen molar-refractivity contribution >= 4 is 41.4 Å². The summed E-state index contributed by atoms with van der Waals surface area (Å²) in [5.41, 5.74) is 10.9. The van der Waals surface area contributed by atoms with Gasteiger partial charge in [0.15, 0.2) is 6.29 Å². The molecule has 0 bridgehead atoms. The number of aliphatic hydroxyl groups excluding tert-OH is 3. The summed E-state index contributed by atoms with van der Waals surface area (Å²) in [6, 6.07) is -6.24. The van der Waals surface area contributed by atoms with Crippen LogP contribution in [0, 0.1) is 0 Å². The van der Waals surface area contributed by atoms with Gasteiger partial charge >= 0.3 is 5.97 Å². The van der Waals surface area contributed by atoms with Crippen LogP contribution in [0.4, 0.5) is 0 Å². The first-order valence-electron chi connectivity index (χ1n) is 15.4. The van der Waals surface area contributed by atoms with Gasteiger partial charge in [-0.25, -0.2) is 0 Å². The van der Waals surface area contributed by atoms with E-state index in [0.29, 0.717) is 19.4 Å². The van der Waals surface area contributed by atoms with Gasteiger partial charge in [-0.3, -0.25) is 33.6 Å². The van der Waals surface area contributed by atoms with Crippen LogP contribution in [0.1, 0.15) is 59.8 Å². The first kappa shape index (κ1) is 42.1. The fraction of sp³-hybridized carbons (Fsp3) is 0.750. The van der Waals surface area contributed by atoms with E-state index in [0.717, 1.165) is 6.92 Å². The highest BCUT2D eigenvalue weighted by Gasteiger charge is 2.47. The molecule has 1 rings (SSSR count). The molecule has 6 amide bonds. The van der Waals surface area contributed by atoms with E-state index in [1.165, 1.54) is 20.8 Å². The molecular weight excluding hydrogens is 642 g/mol. The predicted molar refractivity (Wildman–Crippen MR) is 164 cm³/mol. The third-order valence-electron chi connectivity index (χ3n) is 7.37. The lowest BCUT2D eigenvalue weighted by molar-refractivity contribution is -0.266. The molecule has 0 aromatic carbocycles. The number of carbonyl (C=O) groups excluding carboxylic acids is 6. The Bertz CT molecular complexity index is 1140. The van der Waals surface area contributed by atoms with E-state index in [4.69, 9.17) is 26.0 Å². The van der Waals surface area contributed by atoms with Gasteiger partial charge in [-0.05, 0) is 53.0 Å². The van der Waals surface area contributed by atoms with Crippen molar-refractivity contribution in [2.24, 2.45) is 11.5 Å². The van der Waals surface area contributed by atoms with Gasteiger partial charge in [0.05, 0.1) is 6.61 Å². The van der Waals surface area contributed by atoms with E-state index in [-0.39, 0.29) is 19.3 Å². The number of carboxylic acid groups (broad SMARTS) is 1. The highest BCUT2D eigenvalue weighted by Crippen LogP contribution is 2.23. The summed E-state index contributed by atoms with van der Waals surface area (Å²) in [5, 5.41) is 51.2. The van der Waals surface area contributed by atoms with Crippen molar-refractivity contribution in [2.45, 2.75) is 121 Å². The Hall–Kier alpha value is -3.95. The van der Waals surface area contributed by atoms with Gasteiger partial charge in [-0.1, -0.05) is 0 Å². The molecule has 0 unspecified atom stereocenters. The Labute approximate surface area is 277 Å². The minimum absolute atomic E-state index is 0.167. The van der Waals surface area contributed by atoms with Crippen LogP contribution in [-0.4, -0.2) is 136 Å². The van der Waals surface area contributed by atoms with Crippen LogP contribution in [0.3, 0.4) is 0 Å². The van der Waals surface area contributed by atoms with Crippen LogP contribution in [0.2, 0.25) is 0 Å². The summed E-state index contributed by atoms with van der Waals surface area (Å²) in [7, 11) is 0. The number of carbonyl (C=O) groups is 7. The van der Waals surface area contributed by atoms with Crippen LogP contribution in [0.5, 0.6) is 0 Å². The van der Waals surface area contributed by atoms with E-state index in [9.17, 15) is 48.9 Å². The van der Waals surface area contributed by atoms with E-state index >= 15 is 0 Å². The fourth-order valence-electron chi connectivity index (χ4n) is 4.59. The molecule has 0 aromatic heterocycles. The quantitative estimate of drug-likeness (QED) is 0.0532.